The molecule has 156 valence electrons. The predicted octanol–water partition coefficient (Wildman–Crippen LogP) is 3.22. The van der Waals surface area contributed by atoms with Gasteiger partial charge in [0, 0.05) is 17.4 Å². The van der Waals surface area contributed by atoms with E-state index in [0.717, 1.165) is 19.3 Å². The van der Waals surface area contributed by atoms with Crippen molar-refractivity contribution >= 4 is 23.2 Å². The highest BCUT2D eigenvalue weighted by atomic mass is 32.1. The molecule has 3 aromatic rings. The van der Waals surface area contributed by atoms with Gasteiger partial charge in [0.05, 0.1) is 4.88 Å². The van der Waals surface area contributed by atoms with Crippen molar-refractivity contribution in [3.8, 4) is 5.75 Å². The zero-order valence-corrected chi connectivity index (χ0v) is 17.5. The van der Waals surface area contributed by atoms with Gasteiger partial charge in [0.15, 0.2) is 6.61 Å². The molecular formula is C21H22N4O4S. The number of carbonyl (C=O) groups is 2. The van der Waals surface area contributed by atoms with Crippen molar-refractivity contribution in [1.82, 2.24) is 21.0 Å². The van der Waals surface area contributed by atoms with Crippen molar-refractivity contribution < 1.29 is 18.8 Å². The number of nitrogens with zero attached hydrogens (tertiary/aromatic N) is 2. The van der Waals surface area contributed by atoms with E-state index in [0.29, 0.717) is 33.8 Å². The Morgan fingerprint density at radius 1 is 1.23 bits per heavy atom. The number of aromatic nitrogens is 2. The maximum absolute atomic E-state index is 12.4. The van der Waals surface area contributed by atoms with E-state index in [1.165, 1.54) is 21.8 Å². The van der Waals surface area contributed by atoms with Gasteiger partial charge in [-0.2, -0.15) is 4.98 Å². The zero-order chi connectivity index (χ0) is 21.1. The highest BCUT2D eigenvalue weighted by Crippen LogP contribution is 2.32. The van der Waals surface area contributed by atoms with Crippen molar-refractivity contribution in [2.75, 3.05) is 0 Å². The number of hydrogen-bond donors (Lipinski definition) is 2. The smallest absolute Gasteiger partial charge is 0.279 e. The minimum atomic E-state index is -0.404. The average molecular weight is 426 g/mol. The first-order valence-electron chi connectivity index (χ1n) is 9.72. The second-order valence-corrected chi connectivity index (χ2v) is 8.49. The number of rotatable bonds is 5. The number of benzene rings is 1. The molecule has 0 spiro atoms. The molecule has 4 rings (SSSR count). The van der Waals surface area contributed by atoms with Gasteiger partial charge in [-0.1, -0.05) is 12.1 Å². The maximum atomic E-state index is 12.4. The third kappa shape index (κ3) is 4.68. The second-order valence-electron chi connectivity index (χ2n) is 7.36. The summed E-state index contributed by atoms with van der Waals surface area (Å²) in [7, 11) is 0. The summed E-state index contributed by atoms with van der Waals surface area (Å²) in [5.74, 6) is 1.42. The van der Waals surface area contributed by atoms with E-state index in [1.807, 2.05) is 6.07 Å². The second kappa shape index (κ2) is 8.66. The average Bonchev–Trinajstić information content (AvgIpc) is 3.36. The zero-order valence-electron chi connectivity index (χ0n) is 16.7. The number of fused-ring (bicyclic) bond motifs is 1. The Morgan fingerprint density at radius 3 is 2.73 bits per heavy atom. The molecule has 0 saturated carbocycles. The van der Waals surface area contributed by atoms with Crippen LogP contribution in [0.15, 0.2) is 34.9 Å². The number of ether oxygens (including phenoxy) is 1. The maximum Gasteiger partial charge on any atom is 0.279 e. The predicted molar refractivity (Wildman–Crippen MR) is 110 cm³/mol. The fourth-order valence-electron chi connectivity index (χ4n) is 3.32. The van der Waals surface area contributed by atoms with E-state index in [9.17, 15) is 9.59 Å². The molecule has 0 radical (unpaired) electrons. The summed E-state index contributed by atoms with van der Waals surface area (Å²) >= 11 is 1.50. The molecule has 1 aliphatic rings. The highest BCUT2D eigenvalue weighted by molar-refractivity contribution is 7.14. The Bertz CT molecular complexity index is 1060. The van der Waals surface area contributed by atoms with Crippen LogP contribution < -0.4 is 15.6 Å². The van der Waals surface area contributed by atoms with Gasteiger partial charge < -0.3 is 9.26 Å². The molecule has 1 aromatic carbocycles. The van der Waals surface area contributed by atoms with E-state index < -0.39 is 5.91 Å². The number of nitrogens with one attached hydrogen (secondary N) is 2. The molecule has 2 N–H and O–H groups in total. The Kier molecular flexibility index (Phi) is 5.80. The summed E-state index contributed by atoms with van der Waals surface area (Å²) in [5.41, 5.74) is 6.61. The summed E-state index contributed by atoms with van der Waals surface area (Å²) in [4.78, 5) is 30.7. The third-order valence-corrected chi connectivity index (χ3v) is 6.13. The third-order valence-electron chi connectivity index (χ3n) is 4.90. The number of thiophene rings is 1. The largest absolute Gasteiger partial charge is 0.485 e. The topological polar surface area (TPSA) is 106 Å². The quantitative estimate of drug-likeness (QED) is 0.607. The lowest BCUT2D eigenvalue weighted by atomic mass is 9.90. The van der Waals surface area contributed by atoms with Crippen molar-refractivity contribution in [3.05, 3.63) is 62.9 Å². The lowest BCUT2D eigenvalue weighted by Gasteiger charge is -2.16. The van der Waals surface area contributed by atoms with E-state index in [-0.39, 0.29) is 12.5 Å². The molecule has 0 aliphatic heterocycles. The Hall–Kier alpha value is -3.20. The minimum Gasteiger partial charge on any atom is -0.485 e. The van der Waals surface area contributed by atoms with E-state index in [4.69, 9.17) is 9.26 Å². The number of carbonyl (C=O) groups excluding carboxylic acids is 2. The van der Waals surface area contributed by atoms with Gasteiger partial charge in [0.1, 0.15) is 5.75 Å². The molecule has 0 saturated heterocycles. The van der Waals surface area contributed by atoms with Gasteiger partial charge in [0.2, 0.25) is 11.7 Å². The van der Waals surface area contributed by atoms with Crippen LogP contribution in [0, 0.1) is 12.8 Å². The molecule has 0 fully saturated rings. The van der Waals surface area contributed by atoms with Crippen LogP contribution in [-0.2, 0) is 19.4 Å². The van der Waals surface area contributed by atoms with Crippen LogP contribution >= 0.6 is 11.3 Å². The lowest BCUT2D eigenvalue weighted by Crippen LogP contribution is -2.41. The van der Waals surface area contributed by atoms with Gasteiger partial charge >= 0.3 is 0 Å². The minimum absolute atomic E-state index is 0.169. The summed E-state index contributed by atoms with van der Waals surface area (Å²) < 4.78 is 10.4. The molecule has 8 nitrogen and oxygen atoms in total. The fourth-order valence-corrected chi connectivity index (χ4v) is 4.42. The van der Waals surface area contributed by atoms with Gasteiger partial charge in [0.25, 0.3) is 11.8 Å². The summed E-state index contributed by atoms with van der Waals surface area (Å²) in [5, 5.41) is 3.75. The number of hydrazine groups is 1. The Morgan fingerprint density at radius 2 is 2.00 bits per heavy atom. The number of amides is 2. The van der Waals surface area contributed by atoms with Crippen molar-refractivity contribution in [2.24, 2.45) is 5.92 Å². The van der Waals surface area contributed by atoms with Crippen LogP contribution in [0.1, 0.15) is 55.5 Å². The fraction of sp³-hybridized carbons (Fsp3) is 0.333. The first-order valence-corrected chi connectivity index (χ1v) is 10.5. The molecule has 0 bridgehead atoms. The van der Waals surface area contributed by atoms with Crippen LogP contribution in [0.25, 0.3) is 0 Å². The van der Waals surface area contributed by atoms with Gasteiger partial charge in [-0.3, -0.25) is 20.4 Å². The molecule has 9 heteroatoms. The van der Waals surface area contributed by atoms with Crippen molar-refractivity contribution in [1.29, 1.82) is 0 Å². The molecular weight excluding hydrogens is 404 g/mol. The first-order chi connectivity index (χ1) is 14.5. The summed E-state index contributed by atoms with van der Waals surface area (Å²) in [6, 6.07) is 8.50. The van der Waals surface area contributed by atoms with Gasteiger partial charge in [-0.05, 0) is 61.1 Å². The van der Waals surface area contributed by atoms with Crippen LogP contribution in [0.5, 0.6) is 5.75 Å². The molecule has 2 amide bonds. The van der Waals surface area contributed by atoms with Crippen LogP contribution in [-0.4, -0.2) is 22.0 Å². The summed E-state index contributed by atoms with van der Waals surface area (Å²) in [6.07, 6.45) is 3.17. The van der Waals surface area contributed by atoms with Crippen LogP contribution in [0.2, 0.25) is 0 Å². The SMILES string of the molecule is Cc1nc(COc2ccc(C(=O)NNC(=O)c3cc4c(s3)CCC(C)C4)cc2)no1. The Balaban J connectivity index is 1.29. The van der Waals surface area contributed by atoms with Crippen LogP contribution in [0.4, 0.5) is 0 Å². The molecule has 2 aromatic heterocycles. The molecule has 2 heterocycles. The number of hydrogen-bond acceptors (Lipinski definition) is 7. The van der Waals surface area contributed by atoms with Crippen molar-refractivity contribution in [3.63, 3.8) is 0 Å². The monoisotopic (exact) mass is 426 g/mol. The van der Waals surface area contributed by atoms with Crippen LogP contribution in [0.3, 0.4) is 0 Å². The van der Waals surface area contributed by atoms with E-state index >= 15 is 0 Å². The van der Waals surface area contributed by atoms with Gasteiger partial charge in [-0.15, -0.1) is 11.3 Å². The first kappa shape index (κ1) is 20.1. The molecule has 1 aliphatic carbocycles. The van der Waals surface area contributed by atoms with E-state index in [1.54, 1.807) is 31.2 Å². The highest BCUT2D eigenvalue weighted by Gasteiger charge is 2.21. The summed E-state index contributed by atoms with van der Waals surface area (Å²) in [6.45, 7) is 4.10. The molecule has 1 atom stereocenters. The number of aryl methyl sites for hydroxylation is 2. The van der Waals surface area contributed by atoms with Gasteiger partial charge in [-0.25, -0.2) is 0 Å². The normalized spacial score (nSPS) is 15.3. The standard InChI is InChI=1S/C21H22N4O4S/c1-12-3-8-17-15(9-12)10-18(30-17)21(27)24-23-20(26)14-4-6-16(7-5-14)28-11-19-22-13(2)29-25-19/h4-7,10,12H,3,8-9,11H2,1-2H3,(H,23,26)(H,24,27). The molecule has 30 heavy (non-hydrogen) atoms. The lowest BCUT2D eigenvalue weighted by molar-refractivity contribution is 0.0849. The molecule has 1 unspecified atom stereocenters. The van der Waals surface area contributed by atoms with Crippen molar-refractivity contribution in [2.45, 2.75) is 39.7 Å². The van der Waals surface area contributed by atoms with E-state index in [2.05, 4.69) is 27.9 Å². The Labute approximate surface area is 177 Å².